The van der Waals surface area contributed by atoms with E-state index in [1.807, 2.05) is 25.1 Å². The number of hydrogen-bond acceptors (Lipinski definition) is 2. The number of nitrogens with zero attached hydrogens (tertiary/aromatic N) is 1. The summed E-state index contributed by atoms with van der Waals surface area (Å²) in [5.41, 5.74) is 2.49. The molecule has 2 aromatic rings. The molecule has 1 heterocycles. The highest BCUT2D eigenvalue weighted by atomic mass is 35.5. The third-order valence-corrected chi connectivity index (χ3v) is 2.92. The molecule has 0 amide bonds. The highest BCUT2D eigenvalue weighted by molar-refractivity contribution is 6.33. The van der Waals surface area contributed by atoms with Crippen molar-refractivity contribution in [1.82, 2.24) is 4.98 Å². The van der Waals surface area contributed by atoms with E-state index in [0.717, 1.165) is 16.5 Å². The predicted octanol–water partition coefficient (Wildman–Crippen LogP) is 3.20. The van der Waals surface area contributed by atoms with Gasteiger partial charge in [-0.15, -0.1) is 0 Å². The number of carboxylic acid groups (broad SMARTS) is 1. The number of aryl methyl sites for hydroxylation is 2. The van der Waals surface area contributed by atoms with E-state index in [1.54, 1.807) is 6.92 Å². The minimum absolute atomic E-state index is 0.0480. The number of pyridine rings is 1. The van der Waals surface area contributed by atoms with Crippen molar-refractivity contribution in [3.8, 4) is 0 Å². The summed E-state index contributed by atoms with van der Waals surface area (Å²) in [7, 11) is 0. The standard InChI is InChI=1S/C12H10ClNO2/c1-6-4-3-5-8-7(2)9(12(15)16)11(13)14-10(6)8/h3-5H,1-2H3,(H,15,16). The quantitative estimate of drug-likeness (QED) is 0.773. The van der Waals surface area contributed by atoms with Crippen LogP contribution in [0.25, 0.3) is 10.9 Å². The van der Waals surface area contributed by atoms with Gasteiger partial charge in [0.05, 0.1) is 5.52 Å². The van der Waals surface area contributed by atoms with Gasteiger partial charge in [-0.2, -0.15) is 0 Å². The van der Waals surface area contributed by atoms with Gasteiger partial charge in [-0.05, 0) is 25.0 Å². The molecule has 0 atom stereocenters. The first-order valence-corrected chi connectivity index (χ1v) is 5.19. The fraction of sp³-hybridized carbons (Fsp3) is 0.167. The van der Waals surface area contributed by atoms with E-state index in [1.165, 1.54) is 0 Å². The fourth-order valence-corrected chi connectivity index (χ4v) is 2.11. The molecule has 4 heteroatoms. The molecule has 0 radical (unpaired) electrons. The van der Waals surface area contributed by atoms with E-state index >= 15 is 0 Å². The zero-order chi connectivity index (χ0) is 11.9. The zero-order valence-corrected chi connectivity index (χ0v) is 9.67. The van der Waals surface area contributed by atoms with Gasteiger partial charge in [-0.1, -0.05) is 29.8 Å². The van der Waals surface area contributed by atoms with E-state index in [9.17, 15) is 4.79 Å². The lowest BCUT2D eigenvalue weighted by atomic mass is 10.0. The maximum atomic E-state index is 11.0. The first-order valence-electron chi connectivity index (χ1n) is 4.81. The summed E-state index contributed by atoms with van der Waals surface area (Å²) < 4.78 is 0. The Balaban J connectivity index is 2.94. The number of rotatable bonds is 1. The van der Waals surface area contributed by atoms with Gasteiger partial charge in [-0.3, -0.25) is 0 Å². The van der Waals surface area contributed by atoms with Crippen LogP contribution in [0.1, 0.15) is 21.5 Å². The van der Waals surface area contributed by atoms with Gasteiger partial charge in [0.2, 0.25) is 0 Å². The van der Waals surface area contributed by atoms with Crippen LogP contribution >= 0.6 is 11.6 Å². The maximum Gasteiger partial charge on any atom is 0.339 e. The third kappa shape index (κ3) is 1.53. The Labute approximate surface area is 97.7 Å². The smallest absolute Gasteiger partial charge is 0.339 e. The topological polar surface area (TPSA) is 50.2 Å². The molecule has 0 unspecified atom stereocenters. The average Bonchev–Trinajstić information content (AvgIpc) is 2.19. The summed E-state index contributed by atoms with van der Waals surface area (Å²) in [5.74, 6) is -1.04. The minimum atomic E-state index is -1.04. The Morgan fingerprint density at radius 3 is 2.69 bits per heavy atom. The number of aromatic carboxylic acids is 1. The third-order valence-electron chi connectivity index (χ3n) is 2.65. The van der Waals surface area contributed by atoms with Crippen LogP contribution in [0, 0.1) is 13.8 Å². The largest absolute Gasteiger partial charge is 0.478 e. The van der Waals surface area contributed by atoms with E-state index in [-0.39, 0.29) is 10.7 Å². The van der Waals surface area contributed by atoms with Crippen LogP contribution < -0.4 is 0 Å². The van der Waals surface area contributed by atoms with Gasteiger partial charge in [-0.25, -0.2) is 9.78 Å². The van der Waals surface area contributed by atoms with Crippen molar-refractivity contribution < 1.29 is 9.90 Å². The second-order valence-corrected chi connectivity index (χ2v) is 4.04. The number of para-hydroxylation sites is 1. The van der Waals surface area contributed by atoms with Gasteiger partial charge >= 0.3 is 5.97 Å². The summed E-state index contributed by atoms with van der Waals surface area (Å²) in [6.07, 6.45) is 0. The SMILES string of the molecule is Cc1c(C(=O)O)c(Cl)nc2c(C)cccc12. The molecule has 0 saturated carbocycles. The van der Waals surface area contributed by atoms with Crippen molar-refractivity contribution in [3.05, 3.63) is 40.0 Å². The van der Waals surface area contributed by atoms with Crippen LogP contribution in [0.4, 0.5) is 0 Å². The van der Waals surface area contributed by atoms with E-state index < -0.39 is 5.97 Å². The number of fused-ring (bicyclic) bond motifs is 1. The summed E-state index contributed by atoms with van der Waals surface area (Å²) in [6.45, 7) is 3.67. The first-order chi connectivity index (χ1) is 7.52. The van der Waals surface area contributed by atoms with E-state index in [2.05, 4.69) is 4.98 Å². The van der Waals surface area contributed by atoms with Crippen LogP contribution in [0.3, 0.4) is 0 Å². The first kappa shape index (κ1) is 10.9. The molecule has 16 heavy (non-hydrogen) atoms. The van der Waals surface area contributed by atoms with E-state index in [0.29, 0.717) is 5.56 Å². The van der Waals surface area contributed by atoms with Crippen LogP contribution in [0.2, 0.25) is 5.15 Å². The van der Waals surface area contributed by atoms with Crippen LogP contribution in [0.5, 0.6) is 0 Å². The second-order valence-electron chi connectivity index (χ2n) is 3.68. The van der Waals surface area contributed by atoms with Crippen molar-refractivity contribution in [1.29, 1.82) is 0 Å². The fourth-order valence-electron chi connectivity index (χ4n) is 1.80. The molecule has 82 valence electrons. The predicted molar refractivity (Wildman–Crippen MR) is 63.2 cm³/mol. The highest BCUT2D eigenvalue weighted by Gasteiger charge is 2.17. The number of benzene rings is 1. The molecule has 1 aromatic heterocycles. The Bertz CT molecular complexity index is 593. The molecule has 2 rings (SSSR count). The van der Waals surface area contributed by atoms with Gasteiger partial charge in [0, 0.05) is 5.39 Å². The van der Waals surface area contributed by atoms with Crippen LogP contribution in [0.15, 0.2) is 18.2 Å². The lowest BCUT2D eigenvalue weighted by molar-refractivity contribution is 0.0696. The molecule has 0 aliphatic carbocycles. The van der Waals surface area contributed by atoms with Crippen molar-refractivity contribution >= 4 is 28.5 Å². The number of halogens is 1. The van der Waals surface area contributed by atoms with Gasteiger partial charge < -0.3 is 5.11 Å². The molecule has 0 bridgehead atoms. The second kappa shape index (κ2) is 3.76. The van der Waals surface area contributed by atoms with E-state index in [4.69, 9.17) is 16.7 Å². The lowest BCUT2D eigenvalue weighted by Crippen LogP contribution is -2.04. The number of carbonyl (C=O) groups is 1. The summed E-state index contributed by atoms with van der Waals surface area (Å²) in [4.78, 5) is 15.2. The summed E-state index contributed by atoms with van der Waals surface area (Å²) in [5, 5.41) is 9.93. The Kier molecular flexibility index (Phi) is 2.56. The Hall–Kier alpha value is -1.61. The molecule has 1 N–H and O–H groups in total. The molecule has 3 nitrogen and oxygen atoms in total. The highest BCUT2D eigenvalue weighted by Crippen LogP contribution is 2.27. The van der Waals surface area contributed by atoms with Gasteiger partial charge in [0.25, 0.3) is 0 Å². The molecular formula is C12H10ClNO2. The van der Waals surface area contributed by atoms with Crippen LogP contribution in [-0.2, 0) is 0 Å². The molecule has 0 fully saturated rings. The zero-order valence-electron chi connectivity index (χ0n) is 8.91. The minimum Gasteiger partial charge on any atom is -0.478 e. The molecule has 0 aliphatic heterocycles. The number of carboxylic acids is 1. The molecule has 1 aromatic carbocycles. The van der Waals surface area contributed by atoms with Crippen molar-refractivity contribution in [3.63, 3.8) is 0 Å². The molecule has 0 spiro atoms. The maximum absolute atomic E-state index is 11.0. The summed E-state index contributed by atoms with van der Waals surface area (Å²) in [6, 6.07) is 5.66. The molecule has 0 aliphatic rings. The van der Waals surface area contributed by atoms with Gasteiger partial charge in [0.1, 0.15) is 10.7 Å². The molecular weight excluding hydrogens is 226 g/mol. The van der Waals surface area contributed by atoms with Crippen molar-refractivity contribution in [2.24, 2.45) is 0 Å². The monoisotopic (exact) mass is 235 g/mol. The van der Waals surface area contributed by atoms with Crippen molar-refractivity contribution in [2.75, 3.05) is 0 Å². The van der Waals surface area contributed by atoms with Crippen LogP contribution in [-0.4, -0.2) is 16.1 Å². The Morgan fingerprint density at radius 2 is 2.06 bits per heavy atom. The van der Waals surface area contributed by atoms with Crippen molar-refractivity contribution in [2.45, 2.75) is 13.8 Å². The normalized spacial score (nSPS) is 10.7. The average molecular weight is 236 g/mol. The Morgan fingerprint density at radius 1 is 1.38 bits per heavy atom. The molecule has 0 saturated heterocycles. The number of hydrogen-bond donors (Lipinski definition) is 1. The number of aromatic nitrogens is 1. The lowest BCUT2D eigenvalue weighted by Gasteiger charge is -2.09. The van der Waals surface area contributed by atoms with Gasteiger partial charge in [0.15, 0.2) is 0 Å². The summed E-state index contributed by atoms with van der Waals surface area (Å²) >= 11 is 5.88.